The second-order valence-electron chi connectivity index (χ2n) is 5.08. The molecule has 0 aliphatic heterocycles. The Balaban J connectivity index is 3.21. The number of esters is 1. The lowest BCUT2D eigenvalue weighted by Gasteiger charge is -2.01. The normalized spacial score (nSPS) is 9.79. The molecule has 0 rings (SSSR count). The van der Waals surface area contributed by atoms with E-state index in [1.165, 1.54) is 44.9 Å². The molecule has 0 unspecified atom stereocenters. The summed E-state index contributed by atoms with van der Waals surface area (Å²) in [5.74, 6) is 2.63. The Morgan fingerprint density at radius 2 is 1.42 bits per heavy atom. The Bertz CT molecular complexity index is 260. The highest BCUT2D eigenvalue weighted by molar-refractivity contribution is 5.70. The third-order valence-corrected chi connectivity index (χ3v) is 3.10. The van der Waals surface area contributed by atoms with Gasteiger partial charge in [-0.3, -0.25) is 4.79 Å². The Labute approximate surface area is 119 Å². The quantitative estimate of drug-likeness (QED) is 0.291. The number of hydrogen-bond donors (Lipinski definition) is 0. The van der Waals surface area contributed by atoms with Crippen molar-refractivity contribution in [2.75, 3.05) is 0 Å². The van der Waals surface area contributed by atoms with Gasteiger partial charge in [0.25, 0.3) is 0 Å². The topological polar surface area (TPSA) is 26.3 Å². The maximum absolute atomic E-state index is 11.3. The van der Waals surface area contributed by atoms with E-state index in [9.17, 15) is 4.79 Å². The standard InChI is InChI=1S/C17H30O2/c1-3-5-7-8-9-10-11-12-13-15-17(18)19-16-14-6-4-2/h3-13,15H2,1-2H3. The van der Waals surface area contributed by atoms with Crippen molar-refractivity contribution in [1.82, 2.24) is 0 Å². The molecule has 0 aliphatic carbocycles. The molecular formula is C17H30O2. The molecule has 0 fully saturated rings. The van der Waals surface area contributed by atoms with Gasteiger partial charge in [-0.25, -0.2) is 0 Å². The van der Waals surface area contributed by atoms with Crippen molar-refractivity contribution in [2.45, 2.75) is 90.9 Å². The lowest BCUT2D eigenvalue weighted by Crippen LogP contribution is -1.99. The zero-order chi connectivity index (χ0) is 14.2. The second-order valence-corrected chi connectivity index (χ2v) is 5.08. The monoisotopic (exact) mass is 266 g/mol. The van der Waals surface area contributed by atoms with Crippen LogP contribution in [0.1, 0.15) is 90.9 Å². The minimum absolute atomic E-state index is 0.174. The van der Waals surface area contributed by atoms with Gasteiger partial charge in [-0.05, 0) is 12.8 Å². The summed E-state index contributed by atoms with van der Waals surface area (Å²) < 4.78 is 4.82. The molecule has 0 heterocycles. The molecule has 0 aromatic carbocycles. The molecule has 0 saturated heterocycles. The van der Waals surface area contributed by atoms with Crippen LogP contribution in [-0.2, 0) is 9.53 Å². The van der Waals surface area contributed by atoms with Gasteiger partial charge in [-0.2, -0.15) is 0 Å². The average molecular weight is 266 g/mol. The average Bonchev–Trinajstić information content (AvgIpc) is 2.42. The SMILES string of the molecule is CCCC#COC(=O)CCCCCCCCCCC. The van der Waals surface area contributed by atoms with Crippen LogP contribution in [0, 0.1) is 12.0 Å². The molecule has 0 atom stereocenters. The van der Waals surface area contributed by atoms with Crippen molar-refractivity contribution in [3.8, 4) is 12.0 Å². The van der Waals surface area contributed by atoms with Crippen molar-refractivity contribution in [1.29, 1.82) is 0 Å². The predicted molar refractivity (Wildman–Crippen MR) is 80.6 cm³/mol. The maximum Gasteiger partial charge on any atom is 0.319 e. The van der Waals surface area contributed by atoms with E-state index in [-0.39, 0.29) is 5.97 Å². The number of carbonyl (C=O) groups is 1. The second kappa shape index (κ2) is 15.1. The first kappa shape index (κ1) is 18.0. The highest BCUT2D eigenvalue weighted by atomic mass is 16.5. The number of ether oxygens (including phenoxy) is 1. The summed E-state index contributed by atoms with van der Waals surface area (Å²) in [7, 11) is 0. The highest BCUT2D eigenvalue weighted by Crippen LogP contribution is 2.10. The van der Waals surface area contributed by atoms with Crippen molar-refractivity contribution in [3.05, 3.63) is 0 Å². The van der Waals surface area contributed by atoms with Crippen molar-refractivity contribution in [2.24, 2.45) is 0 Å². The molecule has 110 valence electrons. The van der Waals surface area contributed by atoms with E-state index in [1.807, 2.05) is 0 Å². The van der Waals surface area contributed by atoms with Crippen LogP contribution in [0.5, 0.6) is 0 Å². The van der Waals surface area contributed by atoms with E-state index in [0.29, 0.717) is 6.42 Å². The van der Waals surface area contributed by atoms with E-state index in [0.717, 1.165) is 25.7 Å². The van der Waals surface area contributed by atoms with Gasteiger partial charge in [0.15, 0.2) is 0 Å². The fourth-order valence-electron chi connectivity index (χ4n) is 1.90. The van der Waals surface area contributed by atoms with E-state index < -0.39 is 0 Å². The van der Waals surface area contributed by atoms with Crippen LogP contribution in [0.2, 0.25) is 0 Å². The van der Waals surface area contributed by atoms with Gasteiger partial charge < -0.3 is 4.74 Å². The molecule has 0 bridgehead atoms. The lowest BCUT2D eigenvalue weighted by atomic mass is 10.1. The third kappa shape index (κ3) is 15.0. The summed E-state index contributed by atoms with van der Waals surface area (Å²) in [5, 5.41) is 0. The number of hydrogen-bond acceptors (Lipinski definition) is 2. The Kier molecular flexibility index (Phi) is 14.3. The molecule has 0 N–H and O–H groups in total. The van der Waals surface area contributed by atoms with Gasteiger partial charge in [0, 0.05) is 12.8 Å². The van der Waals surface area contributed by atoms with E-state index >= 15 is 0 Å². The summed E-state index contributed by atoms with van der Waals surface area (Å²) in [4.78, 5) is 11.3. The van der Waals surface area contributed by atoms with Crippen molar-refractivity contribution >= 4 is 5.97 Å². The zero-order valence-corrected chi connectivity index (χ0v) is 12.8. The van der Waals surface area contributed by atoms with Crippen LogP contribution < -0.4 is 0 Å². The predicted octanol–water partition coefficient (Wildman–Crippen LogP) is 5.21. The number of rotatable bonds is 11. The summed E-state index contributed by atoms with van der Waals surface area (Å²) in [6, 6.07) is 0. The smallest absolute Gasteiger partial charge is 0.319 e. The summed E-state index contributed by atoms with van der Waals surface area (Å²) >= 11 is 0. The summed E-state index contributed by atoms with van der Waals surface area (Å²) in [5.41, 5.74) is 0. The molecule has 0 saturated carbocycles. The highest BCUT2D eigenvalue weighted by Gasteiger charge is 2.00. The molecule has 0 radical (unpaired) electrons. The minimum Gasteiger partial charge on any atom is -0.372 e. The molecule has 0 amide bonds. The Morgan fingerprint density at radius 1 is 0.842 bits per heavy atom. The fraction of sp³-hybridized carbons (Fsp3) is 0.824. The fourth-order valence-corrected chi connectivity index (χ4v) is 1.90. The van der Waals surface area contributed by atoms with Crippen molar-refractivity contribution in [3.63, 3.8) is 0 Å². The first-order valence-corrected chi connectivity index (χ1v) is 7.98. The number of unbranched alkanes of at least 4 members (excludes halogenated alkanes) is 9. The van der Waals surface area contributed by atoms with Crippen LogP contribution in [0.3, 0.4) is 0 Å². The molecule has 0 spiro atoms. The minimum atomic E-state index is -0.174. The van der Waals surface area contributed by atoms with E-state index in [2.05, 4.69) is 25.9 Å². The van der Waals surface area contributed by atoms with Crippen LogP contribution in [-0.4, -0.2) is 5.97 Å². The zero-order valence-electron chi connectivity index (χ0n) is 12.8. The van der Waals surface area contributed by atoms with Gasteiger partial charge >= 0.3 is 5.97 Å². The first-order valence-electron chi connectivity index (χ1n) is 7.98. The molecule has 0 aromatic rings. The van der Waals surface area contributed by atoms with Crippen LogP contribution in [0.25, 0.3) is 0 Å². The Morgan fingerprint density at radius 3 is 2.00 bits per heavy atom. The molecule has 19 heavy (non-hydrogen) atoms. The van der Waals surface area contributed by atoms with Gasteiger partial charge in [-0.1, -0.05) is 71.1 Å². The van der Waals surface area contributed by atoms with Crippen LogP contribution in [0.15, 0.2) is 0 Å². The van der Waals surface area contributed by atoms with Crippen LogP contribution >= 0.6 is 0 Å². The third-order valence-electron chi connectivity index (χ3n) is 3.10. The van der Waals surface area contributed by atoms with Gasteiger partial charge in [0.05, 0.1) is 0 Å². The molecule has 2 heteroatoms. The molecule has 0 aromatic heterocycles. The summed E-state index contributed by atoms with van der Waals surface area (Å²) in [6.45, 7) is 4.30. The lowest BCUT2D eigenvalue weighted by molar-refractivity contribution is -0.136. The number of carbonyl (C=O) groups excluding carboxylic acids is 1. The molecule has 2 nitrogen and oxygen atoms in total. The largest absolute Gasteiger partial charge is 0.372 e. The first-order chi connectivity index (χ1) is 9.31. The summed E-state index contributed by atoms with van der Waals surface area (Å²) in [6.07, 6.45) is 16.1. The molecule has 0 aliphatic rings. The Hall–Kier alpha value is -0.970. The van der Waals surface area contributed by atoms with Crippen molar-refractivity contribution < 1.29 is 9.53 Å². The van der Waals surface area contributed by atoms with Gasteiger partial charge in [0.1, 0.15) is 6.11 Å². The molecular weight excluding hydrogens is 236 g/mol. The van der Waals surface area contributed by atoms with Crippen LogP contribution in [0.4, 0.5) is 0 Å². The van der Waals surface area contributed by atoms with Gasteiger partial charge in [-0.15, -0.1) is 0 Å². The van der Waals surface area contributed by atoms with Gasteiger partial charge in [0.2, 0.25) is 0 Å². The van der Waals surface area contributed by atoms with E-state index in [4.69, 9.17) is 4.74 Å². The maximum atomic E-state index is 11.3. The van der Waals surface area contributed by atoms with E-state index in [1.54, 1.807) is 0 Å².